The Labute approximate surface area is 123 Å². The Balaban J connectivity index is 1.90. The molecule has 0 aromatic heterocycles. The van der Waals surface area contributed by atoms with Gasteiger partial charge in [-0.2, -0.15) is 0 Å². The van der Waals surface area contributed by atoms with Crippen LogP contribution in [0.5, 0.6) is 5.75 Å². The minimum Gasteiger partial charge on any atom is -0.508 e. The summed E-state index contributed by atoms with van der Waals surface area (Å²) >= 11 is 0. The minimum atomic E-state index is -1.09. The van der Waals surface area contributed by atoms with E-state index in [9.17, 15) is 19.8 Å². The molecule has 0 saturated heterocycles. The molecule has 2 rings (SSSR count). The van der Waals surface area contributed by atoms with Crippen LogP contribution < -0.4 is 10.6 Å². The first-order chi connectivity index (χ1) is 9.95. The number of carbonyl (C=O) groups is 2. The highest BCUT2D eigenvalue weighted by Gasteiger charge is 2.29. The van der Waals surface area contributed by atoms with Gasteiger partial charge in [-0.05, 0) is 43.4 Å². The zero-order valence-electron chi connectivity index (χ0n) is 11.9. The van der Waals surface area contributed by atoms with Crippen molar-refractivity contribution in [1.29, 1.82) is 0 Å². The molecule has 2 amide bonds. The third kappa shape index (κ3) is 4.66. The predicted molar refractivity (Wildman–Crippen MR) is 77.1 cm³/mol. The molecule has 6 nitrogen and oxygen atoms in total. The van der Waals surface area contributed by atoms with Crippen molar-refractivity contribution >= 4 is 12.0 Å². The first-order valence-corrected chi connectivity index (χ1v) is 7.03. The summed E-state index contributed by atoms with van der Waals surface area (Å²) in [5.74, 6) is -0.456. The van der Waals surface area contributed by atoms with E-state index in [0.29, 0.717) is 5.92 Å². The summed E-state index contributed by atoms with van der Waals surface area (Å²) in [6.07, 6.45) is 2.38. The molecule has 6 heteroatoms. The van der Waals surface area contributed by atoms with Gasteiger partial charge < -0.3 is 20.8 Å². The van der Waals surface area contributed by atoms with Crippen LogP contribution in [0.1, 0.15) is 25.3 Å². The highest BCUT2D eigenvalue weighted by molar-refractivity contribution is 5.82. The second-order valence-electron chi connectivity index (χ2n) is 5.51. The van der Waals surface area contributed by atoms with Crippen LogP contribution in [0.3, 0.4) is 0 Å². The zero-order chi connectivity index (χ0) is 15.4. The maximum Gasteiger partial charge on any atom is 0.326 e. The Morgan fingerprint density at radius 1 is 1.24 bits per heavy atom. The number of hydrogen-bond donors (Lipinski definition) is 4. The number of aromatic hydroxyl groups is 1. The van der Waals surface area contributed by atoms with Crippen molar-refractivity contribution in [3.05, 3.63) is 29.8 Å². The lowest BCUT2D eigenvalue weighted by Crippen LogP contribution is -2.49. The van der Waals surface area contributed by atoms with Gasteiger partial charge in [0.15, 0.2) is 0 Å². The van der Waals surface area contributed by atoms with E-state index in [0.717, 1.165) is 18.4 Å². The Bertz CT molecular complexity index is 511. The first kappa shape index (κ1) is 15.2. The molecule has 21 heavy (non-hydrogen) atoms. The summed E-state index contributed by atoms with van der Waals surface area (Å²) in [5, 5.41) is 23.7. The lowest BCUT2D eigenvalue weighted by molar-refractivity contribution is -0.139. The summed E-state index contributed by atoms with van der Waals surface area (Å²) in [6, 6.07) is 4.86. The van der Waals surface area contributed by atoms with E-state index in [-0.39, 0.29) is 18.2 Å². The molecule has 0 bridgehead atoms. The second kappa shape index (κ2) is 6.47. The molecule has 0 aliphatic heterocycles. The van der Waals surface area contributed by atoms with Crippen LogP contribution in [0.4, 0.5) is 4.79 Å². The molecular weight excluding hydrogens is 272 g/mol. The van der Waals surface area contributed by atoms with E-state index in [4.69, 9.17) is 0 Å². The quantitative estimate of drug-likeness (QED) is 0.638. The molecule has 0 spiro atoms. The SMILES string of the molecule is CC(NC(=O)N[C@H](Cc1ccc(O)cc1)C(=O)O)C1CC1. The Morgan fingerprint density at radius 2 is 1.86 bits per heavy atom. The van der Waals surface area contributed by atoms with Crippen molar-refractivity contribution in [3.63, 3.8) is 0 Å². The standard InChI is InChI=1S/C15H20N2O4/c1-9(11-4-5-11)16-15(21)17-13(14(19)20)8-10-2-6-12(18)7-3-10/h2-3,6-7,9,11,13,18H,4-5,8H2,1H3,(H,19,20)(H2,16,17,21)/t9?,13-/m1/s1. The largest absolute Gasteiger partial charge is 0.508 e. The van der Waals surface area contributed by atoms with Gasteiger partial charge >= 0.3 is 12.0 Å². The zero-order valence-corrected chi connectivity index (χ0v) is 11.9. The third-order valence-electron chi connectivity index (χ3n) is 3.67. The fourth-order valence-corrected chi connectivity index (χ4v) is 2.19. The average molecular weight is 292 g/mol. The number of hydrogen-bond acceptors (Lipinski definition) is 3. The molecule has 1 aromatic carbocycles. The number of carboxylic acid groups (broad SMARTS) is 1. The molecule has 114 valence electrons. The molecule has 2 atom stereocenters. The van der Waals surface area contributed by atoms with Gasteiger partial charge in [-0.25, -0.2) is 9.59 Å². The Kier molecular flexibility index (Phi) is 4.67. The van der Waals surface area contributed by atoms with Crippen molar-refractivity contribution in [2.75, 3.05) is 0 Å². The van der Waals surface area contributed by atoms with Crippen molar-refractivity contribution < 1.29 is 19.8 Å². The maximum atomic E-state index is 11.8. The average Bonchev–Trinajstić information content (AvgIpc) is 3.24. The van der Waals surface area contributed by atoms with Crippen LogP contribution in [-0.4, -0.2) is 34.3 Å². The van der Waals surface area contributed by atoms with Gasteiger partial charge in [0.05, 0.1) is 0 Å². The van der Waals surface area contributed by atoms with Crippen LogP contribution in [0.2, 0.25) is 0 Å². The number of nitrogens with one attached hydrogen (secondary N) is 2. The fourth-order valence-electron chi connectivity index (χ4n) is 2.19. The van der Waals surface area contributed by atoms with Crippen molar-refractivity contribution in [2.45, 2.75) is 38.3 Å². The van der Waals surface area contributed by atoms with E-state index in [1.807, 2.05) is 6.92 Å². The molecular formula is C15H20N2O4. The second-order valence-corrected chi connectivity index (χ2v) is 5.51. The topological polar surface area (TPSA) is 98.7 Å². The summed E-state index contributed by atoms with van der Waals surface area (Å²) in [7, 11) is 0. The normalized spacial score (nSPS) is 16.8. The molecule has 1 aliphatic rings. The lowest BCUT2D eigenvalue weighted by Gasteiger charge is -2.18. The number of rotatable bonds is 6. The monoisotopic (exact) mass is 292 g/mol. The number of amides is 2. The molecule has 0 radical (unpaired) electrons. The maximum absolute atomic E-state index is 11.8. The lowest BCUT2D eigenvalue weighted by atomic mass is 10.1. The molecule has 1 saturated carbocycles. The van der Waals surface area contributed by atoms with E-state index >= 15 is 0 Å². The molecule has 4 N–H and O–H groups in total. The van der Waals surface area contributed by atoms with Gasteiger partial charge in [0.25, 0.3) is 0 Å². The van der Waals surface area contributed by atoms with Gasteiger partial charge in [0.2, 0.25) is 0 Å². The number of carboxylic acids is 1. The summed E-state index contributed by atoms with van der Waals surface area (Å²) in [5.41, 5.74) is 0.732. The summed E-state index contributed by atoms with van der Waals surface area (Å²) in [6.45, 7) is 1.92. The van der Waals surface area contributed by atoms with Crippen LogP contribution in [0, 0.1) is 5.92 Å². The van der Waals surface area contributed by atoms with Crippen LogP contribution >= 0.6 is 0 Å². The summed E-state index contributed by atoms with van der Waals surface area (Å²) < 4.78 is 0. The highest BCUT2D eigenvalue weighted by Crippen LogP contribution is 2.32. The van der Waals surface area contributed by atoms with Gasteiger partial charge in [0, 0.05) is 12.5 Å². The van der Waals surface area contributed by atoms with Gasteiger partial charge in [0.1, 0.15) is 11.8 Å². The van der Waals surface area contributed by atoms with Crippen LogP contribution in [0.25, 0.3) is 0 Å². The highest BCUT2D eigenvalue weighted by atomic mass is 16.4. The fraction of sp³-hybridized carbons (Fsp3) is 0.467. The Morgan fingerprint density at radius 3 is 2.38 bits per heavy atom. The van der Waals surface area contributed by atoms with E-state index in [1.165, 1.54) is 12.1 Å². The van der Waals surface area contributed by atoms with E-state index in [2.05, 4.69) is 10.6 Å². The number of benzene rings is 1. The predicted octanol–water partition coefficient (Wildman–Crippen LogP) is 1.49. The molecule has 0 heterocycles. The van der Waals surface area contributed by atoms with Gasteiger partial charge in [-0.1, -0.05) is 12.1 Å². The van der Waals surface area contributed by atoms with Gasteiger partial charge in [-0.3, -0.25) is 0 Å². The van der Waals surface area contributed by atoms with E-state index in [1.54, 1.807) is 12.1 Å². The number of urea groups is 1. The number of carbonyl (C=O) groups excluding carboxylic acids is 1. The molecule has 1 aromatic rings. The van der Waals surface area contributed by atoms with Crippen molar-refractivity contribution in [3.8, 4) is 5.75 Å². The molecule has 1 aliphatic carbocycles. The first-order valence-electron chi connectivity index (χ1n) is 7.03. The number of phenolic OH excluding ortho intramolecular Hbond substituents is 1. The minimum absolute atomic E-state index is 0.0631. The molecule has 1 unspecified atom stereocenters. The van der Waals surface area contributed by atoms with Crippen LogP contribution in [0.15, 0.2) is 24.3 Å². The summed E-state index contributed by atoms with van der Waals surface area (Å²) in [4.78, 5) is 23.1. The smallest absolute Gasteiger partial charge is 0.326 e. The van der Waals surface area contributed by atoms with Crippen molar-refractivity contribution in [1.82, 2.24) is 10.6 Å². The third-order valence-corrected chi connectivity index (χ3v) is 3.67. The van der Waals surface area contributed by atoms with E-state index < -0.39 is 18.0 Å². The molecule has 1 fully saturated rings. The van der Waals surface area contributed by atoms with Crippen LogP contribution in [-0.2, 0) is 11.2 Å². The van der Waals surface area contributed by atoms with Gasteiger partial charge in [-0.15, -0.1) is 0 Å². The number of phenols is 1. The van der Waals surface area contributed by atoms with Crippen molar-refractivity contribution in [2.24, 2.45) is 5.92 Å². The Hall–Kier alpha value is -2.24. The number of aliphatic carboxylic acids is 1.